The van der Waals surface area contributed by atoms with Crippen LogP contribution in [0.2, 0.25) is 16.6 Å². The molecule has 0 saturated heterocycles. The van der Waals surface area contributed by atoms with Crippen LogP contribution in [0.5, 0.6) is 0 Å². The van der Waals surface area contributed by atoms with Crippen LogP contribution < -0.4 is 0 Å². The monoisotopic (exact) mass is 393 g/mol. The zero-order chi connectivity index (χ0) is 20.4. The highest BCUT2D eigenvalue weighted by atomic mass is 28.3. The van der Waals surface area contributed by atoms with Crippen LogP contribution in [-0.4, -0.2) is 13.1 Å². The van der Waals surface area contributed by atoms with Crippen LogP contribution in [0.25, 0.3) is 11.3 Å². The Bertz CT molecular complexity index is 802. The van der Waals surface area contributed by atoms with Crippen molar-refractivity contribution in [2.45, 2.75) is 64.3 Å². The molecule has 27 heavy (non-hydrogen) atoms. The molecule has 0 radical (unpaired) electrons. The van der Waals surface area contributed by atoms with Gasteiger partial charge in [-0.1, -0.05) is 53.7 Å². The Morgan fingerprint density at radius 3 is 1.89 bits per heavy atom. The molecule has 0 N–H and O–H groups in total. The predicted molar refractivity (Wildman–Crippen MR) is 105 cm³/mol. The van der Waals surface area contributed by atoms with E-state index in [4.69, 9.17) is 4.42 Å². The topological polar surface area (TPSA) is 26.0 Å². The molecule has 0 saturated carbocycles. The van der Waals surface area contributed by atoms with Gasteiger partial charge in [0.25, 0.3) is 5.89 Å². The number of hydrogen-bond acceptors (Lipinski definition) is 2. The van der Waals surface area contributed by atoms with Crippen molar-refractivity contribution in [2.24, 2.45) is 0 Å². The lowest BCUT2D eigenvalue weighted by Gasteiger charge is -2.37. The third kappa shape index (κ3) is 4.46. The molecule has 6 heteroatoms. The lowest BCUT2D eigenvalue weighted by molar-refractivity contribution is -0.137. The summed E-state index contributed by atoms with van der Waals surface area (Å²) in [7, 11) is -1.89. The molecular formula is C21H26F3NOSi. The molecule has 0 aliphatic rings. The van der Waals surface area contributed by atoms with Crippen molar-refractivity contribution in [3.05, 3.63) is 41.9 Å². The average molecular weight is 394 g/mol. The highest BCUT2D eigenvalue weighted by Crippen LogP contribution is 2.40. The van der Waals surface area contributed by atoms with Crippen LogP contribution in [0, 0.1) is 11.5 Å². The van der Waals surface area contributed by atoms with Crippen molar-refractivity contribution < 1.29 is 17.6 Å². The zero-order valence-electron chi connectivity index (χ0n) is 16.6. The molecule has 0 bridgehead atoms. The summed E-state index contributed by atoms with van der Waals surface area (Å²) in [6, 6.07) is 4.85. The van der Waals surface area contributed by atoms with Gasteiger partial charge in [0.15, 0.2) is 5.76 Å². The van der Waals surface area contributed by atoms with Gasteiger partial charge in [0, 0.05) is 5.56 Å². The Morgan fingerprint density at radius 2 is 1.44 bits per heavy atom. The Hall–Kier alpha value is -2.00. The van der Waals surface area contributed by atoms with Gasteiger partial charge in [-0.05, 0) is 34.7 Å². The van der Waals surface area contributed by atoms with Gasteiger partial charge < -0.3 is 4.42 Å². The standard InChI is InChI=1S/C21H26F3NOSi/c1-14(2)27(15(3)4,16(5)6)12-11-20-25-13-19(26-20)17-7-9-18(10-8-17)21(22,23)24/h7-10,13-16H,1-6H3. The number of aromatic nitrogens is 1. The minimum absolute atomic E-state index is 0.309. The molecule has 0 atom stereocenters. The second-order valence-electron chi connectivity index (χ2n) is 7.75. The van der Waals surface area contributed by atoms with Crippen LogP contribution in [0.15, 0.2) is 34.9 Å². The van der Waals surface area contributed by atoms with E-state index in [9.17, 15) is 13.2 Å². The fourth-order valence-electron chi connectivity index (χ4n) is 3.88. The van der Waals surface area contributed by atoms with Gasteiger partial charge in [0.05, 0.1) is 11.8 Å². The number of hydrogen-bond donors (Lipinski definition) is 0. The van der Waals surface area contributed by atoms with Crippen molar-refractivity contribution in [1.82, 2.24) is 4.98 Å². The van der Waals surface area contributed by atoms with Crippen molar-refractivity contribution in [3.63, 3.8) is 0 Å². The van der Waals surface area contributed by atoms with E-state index in [-0.39, 0.29) is 0 Å². The first-order valence-corrected chi connectivity index (χ1v) is 11.4. The Labute approximate surface area is 160 Å². The maximum Gasteiger partial charge on any atom is 0.416 e. The van der Waals surface area contributed by atoms with Gasteiger partial charge in [0.2, 0.25) is 0 Å². The molecule has 146 valence electrons. The largest absolute Gasteiger partial charge is 0.430 e. The van der Waals surface area contributed by atoms with Gasteiger partial charge >= 0.3 is 6.18 Å². The maximum atomic E-state index is 12.7. The summed E-state index contributed by atoms with van der Waals surface area (Å²) in [6.45, 7) is 13.4. The number of rotatable bonds is 4. The molecule has 0 amide bonds. The van der Waals surface area contributed by atoms with Crippen molar-refractivity contribution in [1.29, 1.82) is 0 Å². The van der Waals surface area contributed by atoms with Crippen LogP contribution in [0.4, 0.5) is 13.2 Å². The van der Waals surface area contributed by atoms with E-state index >= 15 is 0 Å². The molecule has 0 aliphatic carbocycles. The number of oxazole rings is 1. The third-order valence-electron chi connectivity index (χ3n) is 5.25. The smallest absolute Gasteiger partial charge is 0.416 e. The van der Waals surface area contributed by atoms with Gasteiger partial charge in [-0.25, -0.2) is 4.98 Å². The first-order valence-electron chi connectivity index (χ1n) is 9.15. The molecule has 0 spiro atoms. The highest BCUT2D eigenvalue weighted by Gasteiger charge is 2.41. The first kappa shape index (κ1) is 21.3. The van der Waals surface area contributed by atoms with Crippen molar-refractivity contribution in [3.8, 4) is 22.8 Å². The number of nitrogens with zero attached hydrogens (tertiary/aromatic N) is 1. The Balaban J connectivity index is 2.32. The summed E-state index contributed by atoms with van der Waals surface area (Å²) in [4.78, 5) is 4.20. The molecule has 0 unspecified atom stereocenters. The van der Waals surface area contributed by atoms with Crippen molar-refractivity contribution in [2.75, 3.05) is 0 Å². The van der Waals surface area contributed by atoms with Gasteiger partial charge in [-0.2, -0.15) is 13.2 Å². The fourth-order valence-corrected chi connectivity index (χ4v) is 9.07. The van der Waals surface area contributed by atoms with E-state index in [1.165, 1.54) is 18.3 Å². The molecule has 1 aromatic heterocycles. The van der Waals surface area contributed by atoms with Gasteiger partial charge in [-0.15, -0.1) is 5.54 Å². The van der Waals surface area contributed by atoms with Crippen molar-refractivity contribution >= 4 is 8.07 Å². The van der Waals surface area contributed by atoms with E-state index in [1.807, 2.05) is 0 Å². The summed E-state index contributed by atoms with van der Waals surface area (Å²) >= 11 is 0. The van der Waals surface area contributed by atoms with E-state index in [1.54, 1.807) is 0 Å². The van der Waals surface area contributed by atoms with Crippen LogP contribution >= 0.6 is 0 Å². The number of halogens is 3. The van der Waals surface area contributed by atoms with Gasteiger partial charge in [-0.3, -0.25) is 0 Å². The predicted octanol–water partition coefficient (Wildman–Crippen LogP) is 6.93. The van der Waals surface area contributed by atoms with E-state index in [0.29, 0.717) is 33.8 Å². The minimum Gasteiger partial charge on any atom is -0.430 e. The molecule has 1 heterocycles. The minimum atomic E-state index is -4.35. The molecule has 1 aromatic carbocycles. The molecule has 0 fully saturated rings. The Kier molecular flexibility index (Phi) is 6.26. The SMILES string of the molecule is CC(C)[Si](C#Cc1ncc(-c2ccc(C(F)(F)F)cc2)o1)(C(C)C)C(C)C. The third-order valence-corrected chi connectivity index (χ3v) is 11.5. The van der Waals surface area contributed by atoms with E-state index in [2.05, 4.69) is 58.0 Å². The molecule has 0 aliphatic heterocycles. The zero-order valence-corrected chi connectivity index (χ0v) is 17.6. The summed E-state index contributed by atoms with van der Waals surface area (Å²) in [6.07, 6.45) is -2.84. The van der Waals surface area contributed by atoms with E-state index in [0.717, 1.165) is 12.1 Å². The summed E-state index contributed by atoms with van der Waals surface area (Å²) < 4.78 is 43.7. The molecular weight excluding hydrogens is 367 g/mol. The number of alkyl halides is 3. The number of benzene rings is 1. The summed E-state index contributed by atoms with van der Waals surface area (Å²) in [5, 5.41) is 0. The van der Waals surface area contributed by atoms with Crippen LogP contribution in [0.3, 0.4) is 0 Å². The fraction of sp³-hybridized carbons (Fsp3) is 0.476. The maximum absolute atomic E-state index is 12.7. The quantitative estimate of drug-likeness (QED) is 0.416. The summed E-state index contributed by atoms with van der Waals surface area (Å²) in [5.74, 6) is 3.83. The second kappa shape index (κ2) is 7.93. The first-order chi connectivity index (χ1) is 12.5. The second-order valence-corrected chi connectivity index (χ2v) is 13.3. The Morgan fingerprint density at radius 1 is 0.926 bits per heavy atom. The van der Waals surface area contributed by atoms with E-state index < -0.39 is 19.8 Å². The van der Waals surface area contributed by atoms with Crippen LogP contribution in [-0.2, 0) is 6.18 Å². The van der Waals surface area contributed by atoms with Gasteiger partial charge in [0.1, 0.15) is 8.07 Å². The lowest BCUT2D eigenvalue weighted by Crippen LogP contribution is -2.43. The van der Waals surface area contributed by atoms with Crippen LogP contribution in [0.1, 0.15) is 53.0 Å². The summed E-state index contributed by atoms with van der Waals surface area (Å²) in [5.41, 5.74) is 4.87. The average Bonchev–Trinajstić information content (AvgIpc) is 3.02. The highest BCUT2D eigenvalue weighted by molar-refractivity contribution is 6.90. The normalized spacial score (nSPS) is 12.6. The molecule has 2 nitrogen and oxygen atoms in total. The lowest BCUT2D eigenvalue weighted by atomic mass is 10.1. The molecule has 2 rings (SSSR count). The molecule has 2 aromatic rings.